The van der Waals surface area contributed by atoms with Crippen LogP contribution < -0.4 is 16.0 Å². The van der Waals surface area contributed by atoms with Crippen LogP contribution >= 0.6 is 0 Å². The third-order valence-corrected chi connectivity index (χ3v) is 3.55. The van der Waals surface area contributed by atoms with Crippen LogP contribution in [0.25, 0.3) is 0 Å². The van der Waals surface area contributed by atoms with Crippen molar-refractivity contribution >= 4 is 23.1 Å². The number of likely N-dealkylation sites (N-methyl/N-ethyl adjacent to an activating group) is 1. The Bertz CT molecular complexity index is 513. The van der Waals surface area contributed by atoms with E-state index in [1.807, 2.05) is 11.0 Å². The van der Waals surface area contributed by atoms with E-state index < -0.39 is 0 Å². The molecule has 1 amide bonds. The highest BCUT2D eigenvalue weighted by molar-refractivity contribution is 6.00. The van der Waals surface area contributed by atoms with E-state index in [1.165, 1.54) is 6.92 Å². The van der Waals surface area contributed by atoms with Crippen molar-refractivity contribution in [3.8, 4) is 0 Å². The molecule has 5 nitrogen and oxygen atoms in total. The van der Waals surface area contributed by atoms with Gasteiger partial charge in [-0.3, -0.25) is 9.59 Å². The summed E-state index contributed by atoms with van der Waals surface area (Å²) < 4.78 is 0. The molecular formula is C14H19N3O2. The molecule has 0 spiro atoms. The zero-order valence-electron chi connectivity index (χ0n) is 11.3. The van der Waals surface area contributed by atoms with Gasteiger partial charge in [-0.05, 0) is 38.0 Å². The molecule has 1 saturated heterocycles. The minimum absolute atomic E-state index is 0.0127. The second kappa shape index (κ2) is 5.30. The van der Waals surface area contributed by atoms with Crippen LogP contribution in [-0.2, 0) is 4.79 Å². The predicted octanol–water partition coefficient (Wildman–Crippen LogP) is 1.19. The molecule has 1 aromatic carbocycles. The van der Waals surface area contributed by atoms with Crippen molar-refractivity contribution in [1.29, 1.82) is 0 Å². The fourth-order valence-corrected chi connectivity index (χ4v) is 2.54. The molecule has 19 heavy (non-hydrogen) atoms. The zero-order valence-corrected chi connectivity index (χ0v) is 11.3. The number of carbonyl (C=O) groups is 2. The molecule has 0 aromatic heterocycles. The Morgan fingerprint density at radius 2 is 2.16 bits per heavy atom. The van der Waals surface area contributed by atoms with Gasteiger partial charge >= 0.3 is 0 Å². The first kappa shape index (κ1) is 13.4. The number of hydrogen-bond acceptors (Lipinski definition) is 4. The van der Waals surface area contributed by atoms with Crippen LogP contribution in [0, 0.1) is 0 Å². The van der Waals surface area contributed by atoms with Crippen LogP contribution in [-0.4, -0.2) is 31.3 Å². The van der Waals surface area contributed by atoms with Gasteiger partial charge in [-0.25, -0.2) is 0 Å². The van der Waals surface area contributed by atoms with Crippen molar-refractivity contribution in [2.75, 3.05) is 24.2 Å². The second-order valence-corrected chi connectivity index (χ2v) is 4.79. The van der Waals surface area contributed by atoms with E-state index in [1.54, 1.807) is 19.2 Å². The number of benzene rings is 1. The van der Waals surface area contributed by atoms with Gasteiger partial charge in [-0.2, -0.15) is 0 Å². The average molecular weight is 261 g/mol. The minimum atomic E-state index is -0.159. The van der Waals surface area contributed by atoms with Crippen LogP contribution in [0.2, 0.25) is 0 Å². The highest BCUT2D eigenvalue weighted by atomic mass is 16.2. The monoisotopic (exact) mass is 261 g/mol. The number of anilines is 2. The number of ketones is 1. The number of nitrogens with zero attached hydrogens (tertiary/aromatic N) is 1. The quantitative estimate of drug-likeness (QED) is 0.633. The van der Waals surface area contributed by atoms with E-state index in [4.69, 9.17) is 5.73 Å². The van der Waals surface area contributed by atoms with Crippen molar-refractivity contribution in [3.63, 3.8) is 0 Å². The fourth-order valence-electron chi connectivity index (χ4n) is 2.54. The Kier molecular flexibility index (Phi) is 3.74. The van der Waals surface area contributed by atoms with Gasteiger partial charge in [0.15, 0.2) is 5.78 Å². The molecule has 0 radical (unpaired) electrons. The first-order chi connectivity index (χ1) is 9.04. The lowest BCUT2D eigenvalue weighted by Crippen LogP contribution is -2.42. The largest absolute Gasteiger partial charge is 0.398 e. The summed E-state index contributed by atoms with van der Waals surface area (Å²) in [7, 11) is 1.64. The maximum atomic E-state index is 11.8. The van der Waals surface area contributed by atoms with Crippen molar-refractivity contribution < 1.29 is 9.59 Å². The summed E-state index contributed by atoms with van der Waals surface area (Å²) in [5, 5.41) is 2.68. The van der Waals surface area contributed by atoms with Crippen molar-refractivity contribution in [2.24, 2.45) is 0 Å². The SMILES string of the molecule is CNC(=O)C1CCCN1c1ccc(N)c(C(C)=O)c1. The van der Waals surface area contributed by atoms with Gasteiger partial charge in [0.1, 0.15) is 6.04 Å². The number of nitrogen functional groups attached to an aromatic ring is 1. The smallest absolute Gasteiger partial charge is 0.242 e. The predicted molar refractivity (Wildman–Crippen MR) is 75.3 cm³/mol. The van der Waals surface area contributed by atoms with Gasteiger partial charge in [-0.15, -0.1) is 0 Å². The Hall–Kier alpha value is -2.04. The summed E-state index contributed by atoms with van der Waals surface area (Å²) in [6.45, 7) is 2.31. The summed E-state index contributed by atoms with van der Waals surface area (Å²) >= 11 is 0. The molecule has 2 rings (SSSR count). The van der Waals surface area contributed by atoms with Crippen LogP contribution in [0.3, 0.4) is 0 Å². The summed E-state index contributed by atoms with van der Waals surface area (Å²) in [5.74, 6) is -0.0475. The number of hydrogen-bond donors (Lipinski definition) is 2. The molecule has 1 atom stereocenters. The van der Waals surface area contributed by atoms with Crippen LogP contribution in [0.15, 0.2) is 18.2 Å². The second-order valence-electron chi connectivity index (χ2n) is 4.79. The summed E-state index contributed by atoms with van der Waals surface area (Å²) in [5.41, 5.74) is 7.66. The average Bonchev–Trinajstić information content (AvgIpc) is 2.87. The molecule has 1 heterocycles. The van der Waals surface area contributed by atoms with Gasteiger partial charge in [0.05, 0.1) is 0 Å². The van der Waals surface area contributed by atoms with E-state index in [9.17, 15) is 9.59 Å². The number of nitrogens with two attached hydrogens (primary N) is 1. The van der Waals surface area contributed by atoms with Crippen molar-refractivity contribution in [2.45, 2.75) is 25.8 Å². The highest BCUT2D eigenvalue weighted by Crippen LogP contribution is 2.28. The molecule has 0 bridgehead atoms. The molecule has 0 saturated carbocycles. The molecular weight excluding hydrogens is 242 g/mol. The molecule has 0 aliphatic carbocycles. The van der Waals surface area contributed by atoms with Gasteiger partial charge in [0.2, 0.25) is 5.91 Å². The maximum Gasteiger partial charge on any atom is 0.242 e. The summed E-state index contributed by atoms with van der Waals surface area (Å²) in [4.78, 5) is 25.4. The number of carbonyl (C=O) groups excluding carboxylic acids is 2. The topological polar surface area (TPSA) is 75.4 Å². The Morgan fingerprint density at radius 1 is 1.42 bits per heavy atom. The van der Waals surface area contributed by atoms with Gasteiger partial charge in [0.25, 0.3) is 0 Å². The van der Waals surface area contributed by atoms with E-state index in [-0.39, 0.29) is 17.7 Å². The van der Waals surface area contributed by atoms with Gasteiger partial charge in [-0.1, -0.05) is 0 Å². The molecule has 102 valence electrons. The number of amides is 1. The maximum absolute atomic E-state index is 11.8. The third-order valence-electron chi connectivity index (χ3n) is 3.55. The molecule has 1 aliphatic heterocycles. The number of rotatable bonds is 3. The Morgan fingerprint density at radius 3 is 2.79 bits per heavy atom. The van der Waals surface area contributed by atoms with Gasteiger partial charge in [0, 0.05) is 30.5 Å². The lowest BCUT2D eigenvalue weighted by Gasteiger charge is -2.26. The minimum Gasteiger partial charge on any atom is -0.398 e. The molecule has 1 unspecified atom stereocenters. The first-order valence-corrected chi connectivity index (χ1v) is 6.43. The lowest BCUT2D eigenvalue weighted by molar-refractivity contribution is -0.121. The molecule has 5 heteroatoms. The van der Waals surface area contributed by atoms with Crippen LogP contribution in [0.1, 0.15) is 30.1 Å². The Balaban J connectivity index is 2.33. The third kappa shape index (κ3) is 2.54. The van der Waals surface area contributed by atoms with E-state index in [2.05, 4.69) is 5.32 Å². The van der Waals surface area contributed by atoms with Gasteiger partial charge < -0.3 is 16.0 Å². The summed E-state index contributed by atoms with van der Waals surface area (Å²) in [6, 6.07) is 5.21. The fraction of sp³-hybridized carbons (Fsp3) is 0.429. The normalized spacial score (nSPS) is 18.4. The number of nitrogens with one attached hydrogen (secondary N) is 1. The van der Waals surface area contributed by atoms with E-state index >= 15 is 0 Å². The van der Waals surface area contributed by atoms with Crippen LogP contribution in [0.4, 0.5) is 11.4 Å². The van der Waals surface area contributed by atoms with Crippen molar-refractivity contribution in [3.05, 3.63) is 23.8 Å². The molecule has 1 aliphatic rings. The molecule has 1 fully saturated rings. The van der Waals surface area contributed by atoms with E-state index in [0.717, 1.165) is 25.1 Å². The molecule has 1 aromatic rings. The van der Waals surface area contributed by atoms with E-state index in [0.29, 0.717) is 11.3 Å². The summed E-state index contributed by atoms with van der Waals surface area (Å²) in [6.07, 6.45) is 1.80. The highest BCUT2D eigenvalue weighted by Gasteiger charge is 2.30. The van der Waals surface area contributed by atoms with Crippen molar-refractivity contribution in [1.82, 2.24) is 5.32 Å². The number of Topliss-reactive ketones (excluding diaryl/α,β-unsaturated/α-hetero) is 1. The zero-order chi connectivity index (χ0) is 14.0. The molecule has 3 N–H and O–H groups in total. The Labute approximate surface area is 112 Å². The lowest BCUT2D eigenvalue weighted by atomic mass is 10.1. The van der Waals surface area contributed by atoms with Crippen LogP contribution in [0.5, 0.6) is 0 Å². The first-order valence-electron chi connectivity index (χ1n) is 6.43. The standard InChI is InChI=1S/C14H19N3O2/c1-9(18)11-8-10(5-6-12(11)15)17-7-3-4-13(17)14(19)16-2/h5-6,8,13H,3-4,7,15H2,1-2H3,(H,16,19).